The minimum absolute atomic E-state index is 0.0303. The molecule has 0 aromatic heterocycles. The lowest BCUT2D eigenvalue weighted by atomic mass is 10.2. The number of benzene rings is 2. The molecule has 7 nitrogen and oxygen atoms in total. The summed E-state index contributed by atoms with van der Waals surface area (Å²) >= 11 is 0.752. The first-order valence-corrected chi connectivity index (χ1v) is 10.2. The van der Waals surface area contributed by atoms with Gasteiger partial charge in [-0.25, -0.2) is 4.39 Å². The molecule has 1 heterocycles. The van der Waals surface area contributed by atoms with Crippen LogP contribution in [0.3, 0.4) is 0 Å². The Morgan fingerprint density at radius 2 is 1.87 bits per heavy atom. The first-order valence-electron chi connectivity index (χ1n) is 9.42. The highest BCUT2D eigenvalue weighted by Gasteiger charge is 2.36. The fraction of sp³-hybridized carbons (Fsp3) is 0.227. The molecule has 0 spiro atoms. The number of rotatable bonds is 7. The normalized spacial score (nSPS) is 15.0. The van der Waals surface area contributed by atoms with Crippen molar-refractivity contribution in [3.8, 4) is 11.5 Å². The topological polar surface area (TPSA) is 84.9 Å². The van der Waals surface area contributed by atoms with Gasteiger partial charge in [0, 0.05) is 5.69 Å². The molecule has 2 aromatic carbocycles. The van der Waals surface area contributed by atoms with E-state index in [1.54, 1.807) is 24.3 Å². The predicted octanol–water partition coefficient (Wildman–Crippen LogP) is 4.30. The molecule has 2 aromatic rings. The Morgan fingerprint density at radius 3 is 2.52 bits per heavy atom. The van der Waals surface area contributed by atoms with Crippen LogP contribution in [0.2, 0.25) is 0 Å². The van der Waals surface area contributed by atoms with Crippen molar-refractivity contribution in [3.05, 3.63) is 58.8 Å². The second-order valence-corrected chi connectivity index (χ2v) is 7.89. The monoisotopic (exact) mass is 444 g/mol. The number of nitrogens with zero attached hydrogens (tertiary/aromatic N) is 1. The number of hydrogen-bond donors (Lipinski definition) is 1. The maximum atomic E-state index is 13.0. The Labute approximate surface area is 183 Å². The standard InChI is InChI=1S/C22H21FN2O5S/c1-13(2)30-17-9-4-14(10-18(17)29-3)11-19-21(27)25(22(28)31-19)12-20(26)24-16-7-5-15(23)6-8-16/h4-11,13H,12H2,1-3H3,(H,24,26). The van der Waals surface area contributed by atoms with E-state index in [0.29, 0.717) is 22.7 Å². The van der Waals surface area contributed by atoms with Crippen molar-refractivity contribution in [1.29, 1.82) is 0 Å². The summed E-state index contributed by atoms with van der Waals surface area (Å²) in [7, 11) is 1.51. The first-order chi connectivity index (χ1) is 14.8. The Hall–Kier alpha value is -3.33. The van der Waals surface area contributed by atoms with Gasteiger partial charge in [-0.05, 0) is 73.6 Å². The number of thioether (sulfide) groups is 1. The van der Waals surface area contributed by atoms with Crippen molar-refractivity contribution in [3.63, 3.8) is 0 Å². The van der Waals surface area contributed by atoms with E-state index in [4.69, 9.17) is 9.47 Å². The van der Waals surface area contributed by atoms with Crippen LogP contribution in [-0.2, 0) is 9.59 Å². The maximum absolute atomic E-state index is 13.0. The molecule has 162 valence electrons. The average molecular weight is 444 g/mol. The van der Waals surface area contributed by atoms with Crippen molar-refractivity contribution in [1.82, 2.24) is 4.90 Å². The number of ether oxygens (including phenoxy) is 2. The number of imide groups is 1. The number of hydrogen-bond acceptors (Lipinski definition) is 6. The van der Waals surface area contributed by atoms with Crippen LogP contribution < -0.4 is 14.8 Å². The van der Waals surface area contributed by atoms with Gasteiger partial charge in [0.1, 0.15) is 12.4 Å². The van der Waals surface area contributed by atoms with Crippen molar-refractivity contribution < 1.29 is 28.2 Å². The van der Waals surface area contributed by atoms with Gasteiger partial charge >= 0.3 is 0 Å². The molecule has 1 N–H and O–H groups in total. The number of carbonyl (C=O) groups is 3. The molecule has 9 heteroatoms. The molecule has 1 saturated heterocycles. The van der Waals surface area contributed by atoms with Crippen LogP contribution in [0.4, 0.5) is 14.9 Å². The number of anilines is 1. The van der Waals surface area contributed by atoms with Gasteiger partial charge in [-0.2, -0.15) is 0 Å². The van der Waals surface area contributed by atoms with Crippen molar-refractivity contribution in [2.75, 3.05) is 19.0 Å². The van der Waals surface area contributed by atoms with Crippen LogP contribution in [0, 0.1) is 5.82 Å². The summed E-state index contributed by atoms with van der Waals surface area (Å²) in [6, 6.07) is 10.4. The van der Waals surface area contributed by atoms with E-state index in [-0.39, 0.29) is 11.0 Å². The predicted molar refractivity (Wildman–Crippen MR) is 116 cm³/mol. The summed E-state index contributed by atoms with van der Waals surface area (Å²) in [5.41, 5.74) is 1.01. The van der Waals surface area contributed by atoms with E-state index in [1.807, 2.05) is 13.8 Å². The fourth-order valence-corrected chi connectivity index (χ4v) is 3.63. The molecule has 0 saturated carbocycles. The van der Waals surface area contributed by atoms with Crippen molar-refractivity contribution >= 4 is 40.6 Å². The lowest BCUT2D eigenvalue weighted by Crippen LogP contribution is -2.36. The zero-order valence-corrected chi connectivity index (χ0v) is 18.0. The molecule has 1 aliphatic rings. The maximum Gasteiger partial charge on any atom is 0.294 e. The number of carbonyl (C=O) groups excluding carboxylic acids is 3. The lowest BCUT2D eigenvalue weighted by molar-refractivity contribution is -0.127. The zero-order valence-electron chi connectivity index (χ0n) is 17.2. The highest BCUT2D eigenvalue weighted by molar-refractivity contribution is 8.18. The lowest BCUT2D eigenvalue weighted by Gasteiger charge is -2.14. The Morgan fingerprint density at radius 1 is 1.16 bits per heavy atom. The molecule has 0 radical (unpaired) electrons. The SMILES string of the molecule is COc1cc(C=C2SC(=O)N(CC(=O)Nc3ccc(F)cc3)C2=O)ccc1OC(C)C. The average Bonchev–Trinajstić information content (AvgIpc) is 2.97. The minimum Gasteiger partial charge on any atom is -0.493 e. The van der Waals surface area contributed by atoms with Gasteiger partial charge in [-0.1, -0.05) is 6.07 Å². The first kappa shape index (κ1) is 22.4. The van der Waals surface area contributed by atoms with Gasteiger partial charge in [-0.15, -0.1) is 0 Å². The summed E-state index contributed by atoms with van der Waals surface area (Å²) in [4.78, 5) is 38.2. The van der Waals surface area contributed by atoms with E-state index >= 15 is 0 Å². The molecule has 1 aliphatic heterocycles. The highest BCUT2D eigenvalue weighted by atomic mass is 32.2. The third-order valence-corrected chi connectivity index (χ3v) is 5.06. The van der Waals surface area contributed by atoms with Crippen molar-refractivity contribution in [2.45, 2.75) is 20.0 Å². The smallest absolute Gasteiger partial charge is 0.294 e. The number of halogens is 1. The molecule has 0 atom stereocenters. The van der Waals surface area contributed by atoms with Crippen LogP contribution in [0.1, 0.15) is 19.4 Å². The molecule has 31 heavy (non-hydrogen) atoms. The third-order valence-electron chi connectivity index (χ3n) is 4.15. The molecular formula is C22H21FN2O5S. The number of methoxy groups -OCH3 is 1. The summed E-state index contributed by atoms with van der Waals surface area (Å²) in [5.74, 6) is -0.493. The molecular weight excluding hydrogens is 423 g/mol. The summed E-state index contributed by atoms with van der Waals surface area (Å²) in [6.07, 6.45) is 1.53. The number of nitrogens with one attached hydrogen (secondary N) is 1. The van der Waals surface area contributed by atoms with Gasteiger partial charge in [0.2, 0.25) is 5.91 Å². The quantitative estimate of drug-likeness (QED) is 0.641. The van der Waals surface area contributed by atoms with Gasteiger partial charge in [0.05, 0.1) is 18.1 Å². The largest absolute Gasteiger partial charge is 0.493 e. The number of amides is 3. The van der Waals surface area contributed by atoms with Gasteiger partial charge < -0.3 is 14.8 Å². The van der Waals surface area contributed by atoms with Crippen molar-refractivity contribution in [2.24, 2.45) is 0 Å². The molecule has 0 aliphatic carbocycles. The summed E-state index contributed by atoms with van der Waals surface area (Å²) in [5, 5.41) is 1.98. The van der Waals surface area contributed by atoms with E-state index in [9.17, 15) is 18.8 Å². The summed E-state index contributed by atoms with van der Waals surface area (Å²) < 4.78 is 24.0. The Balaban J connectivity index is 1.71. The van der Waals surface area contributed by atoms with E-state index in [1.165, 1.54) is 31.4 Å². The van der Waals surface area contributed by atoms with Crippen LogP contribution in [0.15, 0.2) is 47.4 Å². The molecule has 3 amide bonds. The fourth-order valence-electron chi connectivity index (χ4n) is 2.79. The van der Waals surface area contributed by atoms with Crippen LogP contribution in [-0.4, -0.2) is 41.7 Å². The third kappa shape index (κ3) is 5.64. The van der Waals surface area contributed by atoms with Crippen LogP contribution >= 0.6 is 11.8 Å². The second-order valence-electron chi connectivity index (χ2n) is 6.90. The van der Waals surface area contributed by atoms with Crippen LogP contribution in [0.25, 0.3) is 6.08 Å². The Kier molecular flexibility index (Phi) is 6.96. The Bertz CT molecular complexity index is 1040. The van der Waals surface area contributed by atoms with E-state index in [2.05, 4.69) is 5.32 Å². The highest BCUT2D eigenvalue weighted by Crippen LogP contribution is 2.34. The minimum atomic E-state index is -0.564. The van der Waals surface area contributed by atoms with Crippen LogP contribution in [0.5, 0.6) is 11.5 Å². The summed E-state index contributed by atoms with van der Waals surface area (Å²) in [6.45, 7) is 3.36. The zero-order chi connectivity index (χ0) is 22.5. The second kappa shape index (κ2) is 9.65. The van der Waals surface area contributed by atoms with Gasteiger partial charge in [0.25, 0.3) is 11.1 Å². The molecule has 0 unspecified atom stereocenters. The molecule has 0 bridgehead atoms. The van der Waals surface area contributed by atoms with E-state index < -0.39 is 29.4 Å². The van der Waals surface area contributed by atoms with Gasteiger partial charge in [-0.3, -0.25) is 19.3 Å². The van der Waals surface area contributed by atoms with E-state index in [0.717, 1.165) is 16.7 Å². The molecule has 1 fully saturated rings. The molecule has 3 rings (SSSR count). The van der Waals surface area contributed by atoms with Gasteiger partial charge in [0.15, 0.2) is 11.5 Å².